The second-order valence-corrected chi connectivity index (χ2v) is 8.74. The molecule has 0 unspecified atom stereocenters. The van der Waals surface area contributed by atoms with Gasteiger partial charge in [-0.3, -0.25) is 0 Å². The van der Waals surface area contributed by atoms with Gasteiger partial charge in [0.05, 0.1) is 5.82 Å². The Labute approximate surface area is 229 Å². The third-order valence-corrected chi connectivity index (χ3v) is 6.64. The molecule has 1 N–H and O–H groups in total. The van der Waals surface area contributed by atoms with Gasteiger partial charge in [-0.05, 0) is 0 Å². The minimum atomic E-state index is -6.90. The standard InChI is InChI=1S/C24H2BF18O/c26-2-1-3(44)8(27)9(28)4(2)25(5-10(29)16(35)22(41)17(36)11(5)30,6-12(31)18(37)23(42)19(38)13(6)32)7-14(33)20(39)24(43)21(40)15(7)34/h1,44H/q-1. The summed E-state index contributed by atoms with van der Waals surface area (Å²) in [6.45, 7) is 0. The van der Waals surface area contributed by atoms with Crippen LogP contribution in [0.1, 0.15) is 0 Å². The first-order valence-electron chi connectivity index (χ1n) is 10.9. The fraction of sp³-hybridized carbons (Fsp3) is 0. The van der Waals surface area contributed by atoms with E-state index in [1.54, 1.807) is 0 Å². The van der Waals surface area contributed by atoms with E-state index in [1.807, 2.05) is 0 Å². The van der Waals surface area contributed by atoms with Crippen LogP contribution < -0.4 is 21.9 Å². The molecular weight excluding hydrogens is 657 g/mol. The van der Waals surface area contributed by atoms with E-state index < -0.39 is 145 Å². The van der Waals surface area contributed by atoms with Gasteiger partial charge in [-0.25, -0.2) is 74.6 Å². The summed E-state index contributed by atoms with van der Waals surface area (Å²) in [6, 6.07) is -0.769. The zero-order valence-electron chi connectivity index (χ0n) is 19.9. The minimum Gasteiger partial charge on any atom is -0.505 e. The largest absolute Gasteiger partial charge is 0.505 e. The molecule has 0 aliphatic carbocycles. The Hall–Kier alpha value is -4.52. The first-order valence-corrected chi connectivity index (χ1v) is 10.9. The Balaban J connectivity index is 2.66. The molecule has 0 saturated carbocycles. The Morgan fingerprint density at radius 2 is 0.500 bits per heavy atom. The van der Waals surface area contributed by atoms with Gasteiger partial charge in [0.25, 0.3) is 0 Å². The van der Waals surface area contributed by atoms with Crippen LogP contribution in [-0.4, -0.2) is 11.3 Å². The van der Waals surface area contributed by atoms with Gasteiger partial charge < -0.3 is 5.11 Å². The maximum atomic E-state index is 15.4. The Morgan fingerprint density at radius 1 is 0.295 bits per heavy atom. The van der Waals surface area contributed by atoms with E-state index in [-0.39, 0.29) is 0 Å². The molecule has 20 heteroatoms. The van der Waals surface area contributed by atoms with E-state index >= 15 is 35.1 Å². The molecule has 0 amide bonds. The lowest BCUT2D eigenvalue weighted by Gasteiger charge is -2.44. The van der Waals surface area contributed by atoms with Gasteiger partial charge in [0.15, 0.2) is 63.9 Å². The normalized spacial score (nSPS) is 12.0. The molecule has 234 valence electrons. The van der Waals surface area contributed by atoms with Gasteiger partial charge in [-0.1, -0.05) is 0 Å². The summed E-state index contributed by atoms with van der Waals surface area (Å²) in [7, 11) is 0. The van der Waals surface area contributed by atoms with Gasteiger partial charge in [0.2, 0.25) is 0 Å². The number of phenols is 1. The van der Waals surface area contributed by atoms with Gasteiger partial charge in [-0.2, -0.15) is 4.39 Å². The van der Waals surface area contributed by atoms with Crippen LogP contribution >= 0.6 is 0 Å². The number of halogens is 18. The topological polar surface area (TPSA) is 20.2 Å². The molecule has 0 aromatic heterocycles. The molecule has 4 aromatic carbocycles. The maximum absolute atomic E-state index is 15.4. The third kappa shape index (κ3) is 4.01. The van der Waals surface area contributed by atoms with Crippen molar-refractivity contribution in [3.63, 3.8) is 0 Å². The summed E-state index contributed by atoms with van der Waals surface area (Å²) < 4.78 is 266. The second kappa shape index (κ2) is 10.6. The predicted octanol–water partition coefficient (Wildman–Crippen LogP) is 5.27. The summed E-state index contributed by atoms with van der Waals surface area (Å²) in [4.78, 5) is 0. The van der Waals surface area contributed by atoms with Crippen molar-refractivity contribution in [2.24, 2.45) is 0 Å². The van der Waals surface area contributed by atoms with Crippen LogP contribution in [0.5, 0.6) is 5.75 Å². The van der Waals surface area contributed by atoms with Gasteiger partial charge in [0.1, 0.15) is 46.9 Å². The summed E-state index contributed by atoms with van der Waals surface area (Å²) in [5.41, 5.74) is -13.3. The van der Waals surface area contributed by atoms with Crippen molar-refractivity contribution in [2.75, 3.05) is 0 Å². The lowest BCUT2D eigenvalue weighted by Crippen LogP contribution is -2.81. The number of hydrogen-bond donors (Lipinski definition) is 1. The number of aromatic hydroxyl groups is 1. The van der Waals surface area contributed by atoms with Crippen LogP contribution in [0.25, 0.3) is 0 Å². The maximum Gasteiger partial charge on any atom is 0.200 e. The average molecular weight is 659 g/mol. The first-order chi connectivity index (χ1) is 20.3. The molecule has 4 aromatic rings. The van der Waals surface area contributed by atoms with Crippen molar-refractivity contribution in [2.45, 2.75) is 0 Å². The summed E-state index contributed by atoms with van der Waals surface area (Å²) in [5, 5.41) is 9.38. The summed E-state index contributed by atoms with van der Waals surface area (Å²) in [6.07, 6.45) is -6.90. The first kappa shape index (κ1) is 32.4. The van der Waals surface area contributed by atoms with Crippen LogP contribution in [0.4, 0.5) is 79.0 Å². The molecule has 44 heavy (non-hydrogen) atoms. The van der Waals surface area contributed by atoms with Crippen molar-refractivity contribution < 1.29 is 84.1 Å². The highest BCUT2D eigenvalue weighted by Crippen LogP contribution is 2.30. The molecule has 0 atom stereocenters. The molecule has 1 nitrogen and oxygen atoms in total. The SMILES string of the molecule is Oc1cc(F)c([B-](c2c(F)c(F)c(F)c(F)c2F)(c2c(F)c(F)c(F)c(F)c2F)c2c(F)c(F)c(F)c(F)c2F)c(F)c1F. The van der Waals surface area contributed by atoms with Crippen LogP contribution in [0.15, 0.2) is 6.07 Å². The van der Waals surface area contributed by atoms with E-state index in [0.717, 1.165) is 0 Å². The van der Waals surface area contributed by atoms with E-state index in [0.29, 0.717) is 0 Å². The monoisotopic (exact) mass is 659 g/mol. The van der Waals surface area contributed by atoms with Gasteiger partial charge >= 0.3 is 0 Å². The van der Waals surface area contributed by atoms with Crippen molar-refractivity contribution in [3.8, 4) is 5.75 Å². The third-order valence-electron chi connectivity index (χ3n) is 6.64. The summed E-state index contributed by atoms with van der Waals surface area (Å²) >= 11 is 0. The molecule has 0 bridgehead atoms. The van der Waals surface area contributed by atoms with Crippen LogP contribution in [-0.2, 0) is 0 Å². The van der Waals surface area contributed by atoms with E-state index in [1.165, 1.54) is 0 Å². The van der Waals surface area contributed by atoms with Crippen molar-refractivity contribution in [3.05, 3.63) is 111 Å². The lowest BCUT2D eigenvalue weighted by molar-refractivity contribution is 0.379. The van der Waals surface area contributed by atoms with Gasteiger partial charge in [0, 0.05) is 6.07 Å². The Kier molecular flexibility index (Phi) is 7.79. The van der Waals surface area contributed by atoms with Crippen molar-refractivity contribution in [1.82, 2.24) is 0 Å². The fourth-order valence-electron chi connectivity index (χ4n) is 4.87. The zero-order chi connectivity index (χ0) is 33.5. The van der Waals surface area contributed by atoms with Crippen LogP contribution in [0, 0.1) is 105 Å². The van der Waals surface area contributed by atoms with Gasteiger partial charge in [-0.15, -0.1) is 21.9 Å². The van der Waals surface area contributed by atoms with Crippen LogP contribution in [0.2, 0.25) is 0 Å². The Morgan fingerprint density at radius 3 is 0.750 bits per heavy atom. The minimum absolute atomic E-state index is 0.769. The highest BCUT2D eigenvalue weighted by Gasteiger charge is 2.51. The van der Waals surface area contributed by atoms with Crippen molar-refractivity contribution in [1.29, 1.82) is 0 Å². The molecule has 4 rings (SSSR count). The molecule has 0 spiro atoms. The van der Waals surface area contributed by atoms with Crippen molar-refractivity contribution >= 4 is 28.0 Å². The highest BCUT2D eigenvalue weighted by molar-refractivity contribution is 7.20. The lowest BCUT2D eigenvalue weighted by atomic mass is 9.12. The summed E-state index contributed by atoms with van der Waals surface area (Å²) in [5.74, 6) is -63.2. The average Bonchev–Trinajstić information content (AvgIpc) is 2.97. The number of benzene rings is 4. The number of hydrogen-bond acceptors (Lipinski definition) is 1. The predicted molar refractivity (Wildman–Crippen MR) is 111 cm³/mol. The molecule has 0 saturated heterocycles. The number of phenolic OH excluding ortho intramolecular Hbond substituents is 1. The molecule has 0 heterocycles. The Bertz CT molecular complexity index is 1670. The highest BCUT2D eigenvalue weighted by atomic mass is 19.2. The number of rotatable bonds is 4. The molecule has 0 fully saturated rings. The molecule has 0 radical (unpaired) electrons. The quantitative estimate of drug-likeness (QED) is 0.137. The van der Waals surface area contributed by atoms with E-state index in [2.05, 4.69) is 0 Å². The molecule has 0 aliphatic rings. The molecular formula is C24H2BF18O-. The second-order valence-electron chi connectivity index (χ2n) is 8.74. The molecule has 0 aliphatic heterocycles. The van der Waals surface area contributed by atoms with Crippen LogP contribution in [0.3, 0.4) is 0 Å². The van der Waals surface area contributed by atoms with E-state index in [9.17, 15) is 49.0 Å². The smallest absolute Gasteiger partial charge is 0.200 e. The fourth-order valence-corrected chi connectivity index (χ4v) is 4.87. The van der Waals surface area contributed by atoms with E-state index in [4.69, 9.17) is 0 Å². The zero-order valence-corrected chi connectivity index (χ0v) is 19.9.